The van der Waals surface area contributed by atoms with Crippen LogP contribution < -0.4 is 14.2 Å². The van der Waals surface area contributed by atoms with Crippen LogP contribution in [-0.2, 0) is 30.6 Å². The minimum Gasteiger partial charge on any atom is -0.508 e. The molecule has 85 heavy (non-hydrogen) atoms. The summed E-state index contributed by atoms with van der Waals surface area (Å²) in [5, 5.41) is 94.1. The van der Waals surface area contributed by atoms with Crippen molar-refractivity contribution in [3.63, 3.8) is 0 Å². The van der Waals surface area contributed by atoms with Gasteiger partial charge in [0.1, 0.15) is 23.0 Å². The van der Waals surface area contributed by atoms with E-state index in [4.69, 9.17) is 14.2 Å². The first-order valence-corrected chi connectivity index (χ1v) is 28.6. The molecule has 0 spiro atoms. The van der Waals surface area contributed by atoms with Crippen LogP contribution in [0.4, 0.5) is 0 Å². The van der Waals surface area contributed by atoms with Gasteiger partial charge in [0.25, 0.3) is 0 Å². The van der Waals surface area contributed by atoms with Gasteiger partial charge in [0.05, 0.1) is 16.2 Å². The van der Waals surface area contributed by atoms with Crippen LogP contribution >= 0.6 is 0 Å². The molecule has 0 amide bonds. The topological polar surface area (TPSA) is 281 Å². The maximum Gasteiger partial charge on any atom is 0.317 e. The van der Waals surface area contributed by atoms with Gasteiger partial charge in [0.15, 0.2) is 46.0 Å². The summed E-state index contributed by atoms with van der Waals surface area (Å²) in [4.78, 5) is 35.1. The van der Waals surface area contributed by atoms with E-state index in [9.17, 15) is 65.4 Å². The summed E-state index contributed by atoms with van der Waals surface area (Å²) >= 11 is 0. The molecule has 0 aliphatic rings. The second-order valence-corrected chi connectivity index (χ2v) is 24.2. The average molecular weight is 1180 g/mol. The van der Waals surface area contributed by atoms with Crippen LogP contribution in [0.3, 0.4) is 0 Å². The van der Waals surface area contributed by atoms with E-state index in [-0.39, 0.29) is 85.5 Å². The summed E-state index contributed by atoms with van der Waals surface area (Å²) in [6.45, 7) is 35.0. The Balaban J connectivity index is 0.000000512. The number of carbonyl (C=O) groups excluding carboxylic acids is 3. The summed E-state index contributed by atoms with van der Waals surface area (Å²) in [6, 6.07) is 31.8. The van der Waals surface area contributed by atoms with Crippen molar-refractivity contribution in [3.05, 3.63) is 138 Å². The molecule has 6 aromatic rings. The van der Waals surface area contributed by atoms with Crippen molar-refractivity contribution in [2.75, 3.05) is 0 Å². The Labute approximate surface area is 504 Å². The highest BCUT2D eigenvalue weighted by molar-refractivity contribution is 5.80. The lowest BCUT2D eigenvalue weighted by atomic mass is 9.81. The van der Waals surface area contributed by atoms with Crippen LogP contribution in [0.5, 0.6) is 74.7 Å². The van der Waals surface area contributed by atoms with Gasteiger partial charge in [-0.15, -0.1) is 0 Å². The van der Waals surface area contributed by atoms with Gasteiger partial charge in [-0.3, -0.25) is 14.4 Å². The van der Waals surface area contributed by atoms with E-state index in [1.807, 2.05) is 86.6 Å². The Morgan fingerprint density at radius 1 is 0.306 bits per heavy atom. The lowest BCUT2D eigenvalue weighted by Gasteiger charge is -2.24. The number of phenols is 10. The van der Waals surface area contributed by atoms with Crippen LogP contribution in [0.15, 0.2) is 121 Å². The number of para-hydroxylation sites is 5. The molecule has 0 aromatic heterocycles. The molecule has 0 saturated heterocycles. The number of esters is 3. The third-order valence-electron chi connectivity index (χ3n) is 15.4. The van der Waals surface area contributed by atoms with E-state index in [0.29, 0.717) is 25.0 Å². The number of carbonyl (C=O) groups is 3. The third-order valence-corrected chi connectivity index (χ3v) is 15.4. The smallest absolute Gasteiger partial charge is 0.317 e. The Morgan fingerprint density at radius 3 is 1.08 bits per heavy atom. The monoisotopic (exact) mass is 1180 g/mol. The summed E-state index contributed by atoms with van der Waals surface area (Å²) < 4.78 is 15.2. The maximum atomic E-state index is 11.7. The molecule has 0 saturated carbocycles. The Bertz CT molecular complexity index is 3040. The standard InChI is InChI=1S/2C12H16O4.C12H16O3.2C11H16O2.C11H16O/c1-4-12(2,3)11(15)16-10-7-8(13)5-6-9(10)14;1-4-12(2,3)11(15)16-9-7-5-6-8(13)10(9)14;1-4-12(2,3)11(14)15-10-8-6-5-7-9(10)13;1-4-11(2,3)9-7-8(12)5-6-10(9)13;1-4-11(2,3)8-6-5-7-9(12)10(8)13;1-4-11(2,3)9-7-5-6-8-10(9)12/h2*5-7,13-14H,4H2,1-3H3;5-8,13H,4H2,1-3H3;2*5-7,12-13H,4H2,1-3H3;5-8,12H,4H2,1-3H3. The predicted molar refractivity (Wildman–Crippen MR) is 334 cm³/mol. The molecule has 0 fully saturated rings. The van der Waals surface area contributed by atoms with Crippen molar-refractivity contribution in [1.82, 2.24) is 0 Å². The van der Waals surface area contributed by atoms with Crippen LogP contribution in [0.25, 0.3) is 0 Å². The second-order valence-electron chi connectivity index (χ2n) is 24.2. The molecule has 16 heteroatoms. The lowest BCUT2D eigenvalue weighted by Crippen LogP contribution is -2.28. The molecule has 0 aliphatic carbocycles. The Morgan fingerprint density at radius 2 is 0.624 bits per heavy atom. The van der Waals surface area contributed by atoms with Crippen LogP contribution in [-0.4, -0.2) is 69.0 Å². The van der Waals surface area contributed by atoms with Crippen molar-refractivity contribution < 1.29 is 79.7 Å². The zero-order valence-corrected chi connectivity index (χ0v) is 53.2. The number of ether oxygens (including phenoxy) is 3. The fourth-order valence-electron chi connectivity index (χ4n) is 6.63. The highest BCUT2D eigenvalue weighted by atomic mass is 16.6. The van der Waals surface area contributed by atoms with Crippen LogP contribution in [0.2, 0.25) is 0 Å². The lowest BCUT2D eigenvalue weighted by molar-refractivity contribution is -0.145. The fourth-order valence-corrected chi connectivity index (χ4v) is 6.63. The first-order valence-electron chi connectivity index (χ1n) is 28.6. The molecule has 0 heterocycles. The molecule has 0 radical (unpaired) electrons. The van der Waals surface area contributed by atoms with Gasteiger partial charge < -0.3 is 65.3 Å². The van der Waals surface area contributed by atoms with Gasteiger partial charge in [-0.25, -0.2) is 0 Å². The van der Waals surface area contributed by atoms with E-state index in [1.54, 1.807) is 64.1 Å². The quantitative estimate of drug-likeness (QED) is 0.0198. The molecule has 0 aliphatic heterocycles. The van der Waals surface area contributed by atoms with E-state index in [0.717, 1.165) is 36.0 Å². The molecule has 6 aromatic carbocycles. The largest absolute Gasteiger partial charge is 0.508 e. The number of phenolic OH excluding ortho intramolecular Hbond substituents is 10. The Hall–Kier alpha value is -8.27. The molecular weight excluding hydrogens is 1080 g/mol. The molecule has 6 rings (SSSR count). The molecule has 468 valence electrons. The van der Waals surface area contributed by atoms with Gasteiger partial charge in [-0.2, -0.15) is 0 Å². The molecule has 0 atom stereocenters. The number of hydrogen-bond acceptors (Lipinski definition) is 16. The van der Waals surface area contributed by atoms with E-state index < -0.39 is 33.9 Å². The summed E-state index contributed by atoms with van der Waals surface area (Å²) in [7, 11) is 0. The molecular formula is C69H96O16. The third kappa shape index (κ3) is 23.0. The predicted octanol–water partition coefficient (Wildman–Crippen LogP) is 16.3. The van der Waals surface area contributed by atoms with Crippen molar-refractivity contribution in [2.24, 2.45) is 16.2 Å². The summed E-state index contributed by atoms with van der Waals surface area (Å²) in [5.74, 6) is -1.16. The number of benzene rings is 6. The zero-order valence-electron chi connectivity index (χ0n) is 53.2. The minimum atomic E-state index is -0.613. The number of aromatic hydroxyl groups is 10. The highest BCUT2D eigenvalue weighted by Crippen LogP contribution is 2.40. The van der Waals surface area contributed by atoms with E-state index in [1.165, 1.54) is 60.7 Å². The van der Waals surface area contributed by atoms with E-state index in [2.05, 4.69) is 34.6 Å². The summed E-state index contributed by atoms with van der Waals surface area (Å²) in [5.41, 5.74) is 0.771. The van der Waals surface area contributed by atoms with Crippen LogP contribution in [0, 0.1) is 16.2 Å². The van der Waals surface area contributed by atoms with Crippen molar-refractivity contribution >= 4 is 17.9 Å². The normalized spacial score (nSPS) is 11.4. The average Bonchev–Trinajstić information content (AvgIpc) is 3.51. The number of hydrogen-bond donors (Lipinski definition) is 10. The SMILES string of the molecule is CCC(C)(C)C(=O)Oc1cc(O)ccc1O.CCC(C)(C)C(=O)Oc1cccc(O)c1O.CCC(C)(C)C(=O)Oc1ccccc1O.CCC(C)(C)c1cc(O)ccc1O.CCC(C)(C)c1cccc(O)c1O.CCC(C)(C)c1ccccc1O. The minimum absolute atomic E-state index is 0.00866. The van der Waals surface area contributed by atoms with Gasteiger partial charge in [-0.05, 0) is 169 Å². The zero-order chi connectivity index (χ0) is 65.5. The fraction of sp³-hybridized carbons (Fsp3) is 0.435. The molecule has 0 bridgehead atoms. The van der Waals surface area contributed by atoms with Gasteiger partial charge in [0, 0.05) is 17.2 Å². The van der Waals surface area contributed by atoms with Crippen LogP contribution in [0.1, 0.15) is 180 Å². The van der Waals surface area contributed by atoms with E-state index >= 15 is 0 Å². The summed E-state index contributed by atoms with van der Waals surface area (Å²) in [6.07, 6.45) is 4.83. The molecule has 10 N–H and O–H groups in total. The molecule has 0 unspecified atom stereocenters. The van der Waals surface area contributed by atoms with Gasteiger partial charge >= 0.3 is 17.9 Å². The van der Waals surface area contributed by atoms with Crippen molar-refractivity contribution in [1.29, 1.82) is 0 Å². The first-order chi connectivity index (χ1) is 39.2. The van der Waals surface area contributed by atoms with Gasteiger partial charge in [-0.1, -0.05) is 132 Å². The maximum absolute atomic E-state index is 11.7. The Kier molecular flexibility index (Phi) is 28.8. The van der Waals surface area contributed by atoms with Crippen molar-refractivity contribution in [3.8, 4) is 74.7 Å². The first kappa shape index (κ1) is 74.7. The van der Waals surface area contributed by atoms with Gasteiger partial charge in [0.2, 0.25) is 5.75 Å². The number of rotatable bonds is 15. The van der Waals surface area contributed by atoms with Crippen molar-refractivity contribution in [2.45, 2.75) is 179 Å². The molecule has 16 nitrogen and oxygen atoms in total. The second kappa shape index (κ2) is 32.7. The highest BCUT2D eigenvalue weighted by Gasteiger charge is 2.31.